The third kappa shape index (κ3) is 2.01. The summed E-state index contributed by atoms with van der Waals surface area (Å²) in [6, 6.07) is 6.69. The van der Waals surface area contributed by atoms with Crippen molar-refractivity contribution in [3.8, 4) is 17.1 Å². The first kappa shape index (κ1) is 13.1. The van der Waals surface area contributed by atoms with Gasteiger partial charge in [-0.2, -0.15) is 5.10 Å². The molecule has 0 aliphatic carbocycles. The van der Waals surface area contributed by atoms with E-state index in [9.17, 15) is 4.39 Å². The molecule has 4 rings (SSSR count). The molecule has 112 valence electrons. The second-order valence-corrected chi connectivity index (χ2v) is 5.34. The highest BCUT2D eigenvalue weighted by Gasteiger charge is 2.24. The molecule has 1 aliphatic heterocycles. The van der Waals surface area contributed by atoms with Gasteiger partial charge in [0.25, 0.3) is 0 Å². The summed E-state index contributed by atoms with van der Waals surface area (Å²) in [6.45, 7) is 1.56. The minimum absolute atomic E-state index is 0.281. The molecule has 1 aliphatic rings. The second kappa shape index (κ2) is 5.03. The van der Waals surface area contributed by atoms with Crippen LogP contribution in [0.15, 0.2) is 30.5 Å². The van der Waals surface area contributed by atoms with E-state index in [-0.39, 0.29) is 5.82 Å². The zero-order valence-electron chi connectivity index (χ0n) is 12.1. The molecule has 0 spiro atoms. The van der Waals surface area contributed by atoms with Gasteiger partial charge in [-0.25, -0.2) is 9.07 Å². The largest absolute Gasteiger partial charge is 0.312 e. The van der Waals surface area contributed by atoms with E-state index in [1.807, 2.05) is 19.3 Å². The number of aromatic nitrogens is 5. The van der Waals surface area contributed by atoms with Gasteiger partial charge in [-0.1, -0.05) is 17.3 Å². The van der Waals surface area contributed by atoms with Crippen LogP contribution in [-0.4, -0.2) is 31.3 Å². The van der Waals surface area contributed by atoms with Gasteiger partial charge in [0, 0.05) is 32.1 Å². The van der Waals surface area contributed by atoms with Crippen LogP contribution in [0.3, 0.4) is 0 Å². The van der Waals surface area contributed by atoms with E-state index in [0.717, 1.165) is 29.9 Å². The molecule has 3 aromatic rings. The maximum atomic E-state index is 14.2. The monoisotopic (exact) mass is 298 g/mol. The number of fused-ring (bicyclic) bond motifs is 1. The van der Waals surface area contributed by atoms with Crippen LogP contribution in [0.4, 0.5) is 4.39 Å². The minimum atomic E-state index is -0.281. The van der Waals surface area contributed by atoms with Gasteiger partial charge in [0.05, 0.1) is 11.9 Å². The van der Waals surface area contributed by atoms with Crippen molar-refractivity contribution in [1.29, 1.82) is 0 Å². The van der Waals surface area contributed by atoms with Crippen LogP contribution in [-0.2, 0) is 20.0 Å². The second-order valence-electron chi connectivity index (χ2n) is 5.34. The third-order valence-electron chi connectivity index (χ3n) is 3.86. The van der Waals surface area contributed by atoms with Crippen molar-refractivity contribution in [2.24, 2.45) is 7.05 Å². The van der Waals surface area contributed by atoms with Crippen LogP contribution in [0, 0.1) is 5.82 Å². The first-order valence-electron chi connectivity index (χ1n) is 7.17. The fourth-order valence-corrected chi connectivity index (χ4v) is 2.83. The summed E-state index contributed by atoms with van der Waals surface area (Å²) in [6.07, 6.45) is 2.62. The Hall–Kier alpha value is -2.54. The van der Waals surface area contributed by atoms with Crippen LogP contribution in [0.5, 0.6) is 0 Å². The van der Waals surface area contributed by atoms with E-state index in [0.29, 0.717) is 17.9 Å². The summed E-state index contributed by atoms with van der Waals surface area (Å²) in [5.41, 5.74) is 4.03. The average molecular weight is 298 g/mol. The van der Waals surface area contributed by atoms with Gasteiger partial charge in [0.2, 0.25) is 0 Å². The van der Waals surface area contributed by atoms with Gasteiger partial charge in [-0.15, -0.1) is 5.10 Å². The van der Waals surface area contributed by atoms with E-state index >= 15 is 0 Å². The number of aryl methyl sites for hydroxylation is 1. The lowest BCUT2D eigenvalue weighted by Crippen LogP contribution is -2.24. The van der Waals surface area contributed by atoms with E-state index in [2.05, 4.69) is 20.7 Å². The van der Waals surface area contributed by atoms with Gasteiger partial charge in [-0.05, 0) is 12.1 Å². The van der Waals surface area contributed by atoms with Crippen molar-refractivity contribution >= 4 is 0 Å². The molecule has 0 atom stereocenters. The highest BCUT2D eigenvalue weighted by molar-refractivity contribution is 5.61. The smallest absolute Gasteiger partial charge is 0.148 e. The van der Waals surface area contributed by atoms with Crippen molar-refractivity contribution in [3.05, 3.63) is 47.5 Å². The summed E-state index contributed by atoms with van der Waals surface area (Å²) < 4.78 is 17.5. The van der Waals surface area contributed by atoms with Gasteiger partial charge in [0.15, 0.2) is 0 Å². The number of halogens is 1. The standard InChI is InChI=1S/C15H15FN6/c1-21-9-12(18-20-21)15-10-8-17-7-6-13(10)22(19-15)14-5-3-2-4-11(14)16/h2-5,9,17H,6-8H2,1H3. The molecular formula is C15H15FN6. The zero-order chi connectivity index (χ0) is 15.1. The molecule has 3 heterocycles. The van der Waals surface area contributed by atoms with Crippen LogP contribution in [0.2, 0.25) is 0 Å². The van der Waals surface area contributed by atoms with Crippen molar-refractivity contribution in [2.45, 2.75) is 13.0 Å². The Kier molecular flexibility index (Phi) is 3.00. The summed E-state index contributed by atoms with van der Waals surface area (Å²) in [4.78, 5) is 0. The summed E-state index contributed by atoms with van der Waals surface area (Å²) in [5.74, 6) is -0.281. The Morgan fingerprint density at radius 3 is 2.91 bits per heavy atom. The first-order chi connectivity index (χ1) is 10.7. The van der Waals surface area contributed by atoms with Crippen LogP contribution in [0.25, 0.3) is 17.1 Å². The Morgan fingerprint density at radius 1 is 1.27 bits per heavy atom. The van der Waals surface area contributed by atoms with E-state index < -0.39 is 0 Å². The highest BCUT2D eigenvalue weighted by Crippen LogP contribution is 2.28. The average Bonchev–Trinajstić information content (AvgIpc) is 3.12. The molecule has 7 heteroatoms. The van der Waals surface area contributed by atoms with Gasteiger partial charge in [0.1, 0.15) is 22.9 Å². The fraction of sp³-hybridized carbons (Fsp3) is 0.267. The lowest BCUT2D eigenvalue weighted by molar-refractivity contribution is 0.591. The van der Waals surface area contributed by atoms with E-state index in [1.165, 1.54) is 6.07 Å². The molecule has 0 radical (unpaired) electrons. The number of rotatable bonds is 2. The van der Waals surface area contributed by atoms with Crippen molar-refractivity contribution < 1.29 is 4.39 Å². The van der Waals surface area contributed by atoms with Crippen LogP contribution in [0.1, 0.15) is 11.3 Å². The van der Waals surface area contributed by atoms with E-state index in [1.54, 1.807) is 21.5 Å². The summed E-state index contributed by atoms with van der Waals surface area (Å²) in [5, 5.41) is 16.1. The van der Waals surface area contributed by atoms with Crippen molar-refractivity contribution in [3.63, 3.8) is 0 Å². The SMILES string of the molecule is Cn1cc(-c2nn(-c3ccccc3F)c3c2CNCC3)nn1. The quantitative estimate of drug-likeness (QED) is 0.778. The molecule has 0 saturated carbocycles. The molecule has 1 aromatic carbocycles. The molecule has 0 unspecified atom stereocenters. The molecule has 22 heavy (non-hydrogen) atoms. The molecule has 0 saturated heterocycles. The molecular weight excluding hydrogens is 283 g/mol. The molecule has 0 amide bonds. The number of hydrogen-bond donors (Lipinski definition) is 1. The molecule has 6 nitrogen and oxygen atoms in total. The topological polar surface area (TPSA) is 60.6 Å². The Labute approximate surface area is 126 Å². The Balaban J connectivity index is 1.93. The lowest BCUT2D eigenvalue weighted by Gasteiger charge is -2.15. The fourth-order valence-electron chi connectivity index (χ4n) is 2.83. The highest BCUT2D eigenvalue weighted by atomic mass is 19.1. The Morgan fingerprint density at radius 2 is 2.14 bits per heavy atom. The molecule has 0 bridgehead atoms. The Bertz CT molecular complexity index is 834. The molecule has 2 aromatic heterocycles. The molecule has 0 fully saturated rings. The van der Waals surface area contributed by atoms with Gasteiger partial charge in [-0.3, -0.25) is 4.68 Å². The lowest BCUT2D eigenvalue weighted by atomic mass is 10.1. The summed E-state index contributed by atoms with van der Waals surface area (Å²) in [7, 11) is 1.81. The van der Waals surface area contributed by atoms with Gasteiger partial charge >= 0.3 is 0 Å². The number of benzene rings is 1. The third-order valence-corrected chi connectivity index (χ3v) is 3.86. The maximum Gasteiger partial charge on any atom is 0.148 e. The number of nitrogens with zero attached hydrogens (tertiary/aromatic N) is 5. The minimum Gasteiger partial charge on any atom is -0.312 e. The van der Waals surface area contributed by atoms with Crippen molar-refractivity contribution in [1.82, 2.24) is 30.1 Å². The zero-order valence-corrected chi connectivity index (χ0v) is 12.1. The first-order valence-corrected chi connectivity index (χ1v) is 7.17. The van der Waals surface area contributed by atoms with Crippen molar-refractivity contribution in [2.75, 3.05) is 6.54 Å². The maximum absolute atomic E-state index is 14.2. The predicted octanol–water partition coefficient (Wildman–Crippen LogP) is 1.45. The summed E-state index contributed by atoms with van der Waals surface area (Å²) >= 11 is 0. The normalized spacial score (nSPS) is 14.1. The van der Waals surface area contributed by atoms with E-state index in [4.69, 9.17) is 0 Å². The van der Waals surface area contributed by atoms with Gasteiger partial charge < -0.3 is 5.32 Å². The molecule has 1 N–H and O–H groups in total. The predicted molar refractivity (Wildman–Crippen MR) is 78.9 cm³/mol. The number of para-hydroxylation sites is 1. The number of nitrogens with one attached hydrogen (secondary N) is 1. The van der Waals surface area contributed by atoms with Crippen LogP contribution < -0.4 is 5.32 Å². The van der Waals surface area contributed by atoms with Crippen LogP contribution >= 0.6 is 0 Å². The number of hydrogen-bond acceptors (Lipinski definition) is 4.